The van der Waals surface area contributed by atoms with Gasteiger partial charge in [0.15, 0.2) is 0 Å². The maximum absolute atomic E-state index is 4.53. The van der Waals surface area contributed by atoms with Crippen LogP contribution in [-0.2, 0) is 6.54 Å². The van der Waals surface area contributed by atoms with Crippen LogP contribution in [0.1, 0.15) is 31.2 Å². The molecule has 0 aliphatic carbocycles. The van der Waals surface area contributed by atoms with Gasteiger partial charge in [-0.05, 0) is 51.4 Å². The van der Waals surface area contributed by atoms with Crippen molar-refractivity contribution >= 4 is 11.5 Å². The Balaban J connectivity index is 2.11. The highest BCUT2D eigenvalue weighted by Gasteiger charge is 2.10. The third-order valence-electron chi connectivity index (χ3n) is 2.67. The first kappa shape index (κ1) is 13.2. The van der Waals surface area contributed by atoms with Gasteiger partial charge in [0.25, 0.3) is 0 Å². The number of aryl methyl sites for hydroxylation is 1. The second-order valence-electron chi connectivity index (χ2n) is 5.65. The van der Waals surface area contributed by atoms with E-state index in [-0.39, 0.29) is 5.54 Å². The molecule has 1 N–H and O–H groups in total. The quantitative estimate of drug-likeness (QED) is 0.902. The van der Waals surface area contributed by atoms with Crippen molar-refractivity contribution in [2.75, 3.05) is 0 Å². The lowest BCUT2D eigenvalue weighted by Gasteiger charge is -2.19. The molecule has 0 amide bonds. The predicted octanol–water partition coefficient (Wildman–Crippen LogP) is 4.01. The number of hydrogen-bond donors (Lipinski definition) is 1. The Morgan fingerprint density at radius 1 is 1.22 bits per heavy atom. The van der Waals surface area contributed by atoms with E-state index in [9.17, 15) is 0 Å². The Labute approximate surface area is 113 Å². The largest absolute Gasteiger partial charge is 0.307 e. The summed E-state index contributed by atoms with van der Waals surface area (Å²) in [7, 11) is 0. The summed E-state index contributed by atoms with van der Waals surface area (Å²) in [6, 6.07) is 10.7. The summed E-state index contributed by atoms with van der Waals surface area (Å²) >= 11 is 1.58. The highest BCUT2D eigenvalue weighted by atomic mass is 32.1. The van der Waals surface area contributed by atoms with Crippen molar-refractivity contribution in [2.24, 2.45) is 0 Å². The smallest absolute Gasteiger partial charge is 0.0844 e. The number of nitrogens with one attached hydrogen (secondary N) is 1. The molecule has 0 aliphatic heterocycles. The molecule has 0 aliphatic rings. The van der Waals surface area contributed by atoms with E-state index >= 15 is 0 Å². The number of aromatic nitrogens is 1. The lowest BCUT2D eigenvalue weighted by molar-refractivity contribution is 0.426. The number of hydrogen-bond acceptors (Lipinski definition) is 3. The third-order valence-corrected chi connectivity index (χ3v) is 3.45. The maximum Gasteiger partial charge on any atom is 0.0844 e. The van der Waals surface area contributed by atoms with Crippen LogP contribution in [0.5, 0.6) is 0 Å². The number of nitrogens with zero attached hydrogens (tertiary/aromatic N) is 1. The highest BCUT2D eigenvalue weighted by molar-refractivity contribution is 7.06. The minimum atomic E-state index is 0.146. The molecule has 2 rings (SSSR count). The van der Waals surface area contributed by atoms with Gasteiger partial charge < -0.3 is 5.32 Å². The van der Waals surface area contributed by atoms with Gasteiger partial charge in [0.1, 0.15) is 0 Å². The molecule has 0 bridgehead atoms. The number of benzene rings is 1. The average molecular weight is 260 g/mol. The first-order valence-corrected chi connectivity index (χ1v) is 6.99. The van der Waals surface area contributed by atoms with E-state index in [1.165, 1.54) is 16.0 Å². The molecule has 0 fully saturated rings. The summed E-state index contributed by atoms with van der Waals surface area (Å²) in [5.41, 5.74) is 3.70. The van der Waals surface area contributed by atoms with E-state index in [0.29, 0.717) is 0 Å². The fourth-order valence-electron chi connectivity index (χ4n) is 1.69. The zero-order valence-electron chi connectivity index (χ0n) is 11.4. The van der Waals surface area contributed by atoms with Gasteiger partial charge in [0.2, 0.25) is 0 Å². The zero-order valence-corrected chi connectivity index (χ0v) is 12.3. The molecular weight excluding hydrogens is 240 g/mol. The van der Waals surface area contributed by atoms with Crippen LogP contribution in [0.4, 0.5) is 0 Å². The SMILES string of the molecule is Cc1cccc(-c2cc(CNC(C)(C)C)sn2)c1. The summed E-state index contributed by atoms with van der Waals surface area (Å²) < 4.78 is 4.53. The van der Waals surface area contributed by atoms with Crippen LogP contribution >= 0.6 is 11.5 Å². The molecule has 2 aromatic rings. The summed E-state index contributed by atoms with van der Waals surface area (Å²) in [6.45, 7) is 9.52. The van der Waals surface area contributed by atoms with E-state index in [1.807, 2.05) is 0 Å². The fraction of sp³-hybridized carbons (Fsp3) is 0.400. The Hall–Kier alpha value is -1.19. The maximum atomic E-state index is 4.53. The molecule has 1 aromatic heterocycles. The molecule has 3 heteroatoms. The van der Waals surface area contributed by atoms with Gasteiger partial charge in [-0.2, -0.15) is 4.37 Å². The molecule has 0 atom stereocenters. The van der Waals surface area contributed by atoms with Crippen LogP contribution in [0.3, 0.4) is 0 Å². The Morgan fingerprint density at radius 2 is 2.00 bits per heavy atom. The first-order valence-electron chi connectivity index (χ1n) is 6.22. The van der Waals surface area contributed by atoms with Gasteiger partial charge in [-0.25, -0.2) is 0 Å². The van der Waals surface area contributed by atoms with Crippen LogP contribution < -0.4 is 5.32 Å². The zero-order chi connectivity index (χ0) is 13.2. The Morgan fingerprint density at radius 3 is 2.67 bits per heavy atom. The van der Waals surface area contributed by atoms with E-state index in [0.717, 1.165) is 12.2 Å². The molecule has 2 nitrogen and oxygen atoms in total. The van der Waals surface area contributed by atoms with E-state index in [1.54, 1.807) is 11.5 Å². The Bertz CT molecular complexity index is 523. The molecule has 1 heterocycles. The predicted molar refractivity (Wildman–Crippen MR) is 78.9 cm³/mol. The summed E-state index contributed by atoms with van der Waals surface area (Å²) in [5.74, 6) is 0. The molecule has 18 heavy (non-hydrogen) atoms. The van der Waals surface area contributed by atoms with Gasteiger partial charge in [-0.1, -0.05) is 23.8 Å². The molecular formula is C15H20N2S. The average Bonchev–Trinajstić information content (AvgIpc) is 2.74. The van der Waals surface area contributed by atoms with Gasteiger partial charge >= 0.3 is 0 Å². The summed E-state index contributed by atoms with van der Waals surface area (Å²) in [5, 5.41) is 3.48. The van der Waals surface area contributed by atoms with Crippen molar-refractivity contribution in [3.05, 3.63) is 40.8 Å². The van der Waals surface area contributed by atoms with Crippen molar-refractivity contribution < 1.29 is 0 Å². The van der Waals surface area contributed by atoms with Gasteiger partial charge in [0.05, 0.1) is 5.69 Å². The first-order chi connectivity index (χ1) is 8.44. The van der Waals surface area contributed by atoms with Crippen molar-refractivity contribution in [3.63, 3.8) is 0 Å². The summed E-state index contributed by atoms with van der Waals surface area (Å²) in [4.78, 5) is 1.28. The lowest BCUT2D eigenvalue weighted by Crippen LogP contribution is -2.34. The van der Waals surface area contributed by atoms with E-state index < -0.39 is 0 Å². The topological polar surface area (TPSA) is 24.9 Å². The molecule has 96 valence electrons. The fourth-order valence-corrected chi connectivity index (χ4v) is 2.36. The molecule has 0 saturated carbocycles. The van der Waals surface area contributed by atoms with Crippen molar-refractivity contribution in [1.82, 2.24) is 9.69 Å². The van der Waals surface area contributed by atoms with Gasteiger partial charge in [0, 0.05) is 22.5 Å². The number of rotatable bonds is 3. The molecule has 0 unspecified atom stereocenters. The van der Waals surface area contributed by atoms with Crippen LogP contribution in [0.2, 0.25) is 0 Å². The lowest BCUT2D eigenvalue weighted by atomic mass is 10.1. The van der Waals surface area contributed by atoms with Crippen molar-refractivity contribution in [3.8, 4) is 11.3 Å². The van der Waals surface area contributed by atoms with Crippen LogP contribution in [0.15, 0.2) is 30.3 Å². The molecule has 1 aromatic carbocycles. The minimum Gasteiger partial charge on any atom is -0.307 e. The van der Waals surface area contributed by atoms with Crippen LogP contribution in [-0.4, -0.2) is 9.91 Å². The molecule has 0 saturated heterocycles. The van der Waals surface area contributed by atoms with E-state index in [2.05, 4.69) is 67.7 Å². The van der Waals surface area contributed by atoms with Crippen LogP contribution in [0.25, 0.3) is 11.3 Å². The van der Waals surface area contributed by atoms with E-state index in [4.69, 9.17) is 0 Å². The monoisotopic (exact) mass is 260 g/mol. The Kier molecular flexibility index (Phi) is 3.83. The van der Waals surface area contributed by atoms with Crippen molar-refractivity contribution in [2.45, 2.75) is 39.8 Å². The summed E-state index contributed by atoms with van der Waals surface area (Å²) in [6.07, 6.45) is 0. The highest BCUT2D eigenvalue weighted by Crippen LogP contribution is 2.23. The molecule has 0 spiro atoms. The standard InChI is InChI=1S/C15H20N2S/c1-11-6-5-7-12(8-11)14-9-13(18-17-14)10-16-15(2,3)4/h5-9,16H,10H2,1-4H3. The third kappa shape index (κ3) is 3.65. The second kappa shape index (κ2) is 5.21. The van der Waals surface area contributed by atoms with Gasteiger partial charge in [-0.3, -0.25) is 0 Å². The normalized spacial score (nSPS) is 11.8. The minimum absolute atomic E-state index is 0.146. The van der Waals surface area contributed by atoms with Crippen LogP contribution in [0, 0.1) is 6.92 Å². The van der Waals surface area contributed by atoms with Gasteiger partial charge in [-0.15, -0.1) is 0 Å². The second-order valence-corrected chi connectivity index (χ2v) is 6.54. The van der Waals surface area contributed by atoms with Crippen molar-refractivity contribution in [1.29, 1.82) is 0 Å². The molecule has 0 radical (unpaired) electrons.